The lowest BCUT2D eigenvalue weighted by Gasteiger charge is -2.15. The van der Waals surface area contributed by atoms with Gasteiger partial charge in [0.15, 0.2) is 0 Å². The molecule has 2 heterocycles. The monoisotopic (exact) mass is 450 g/mol. The van der Waals surface area contributed by atoms with Crippen LogP contribution in [0.25, 0.3) is 22.4 Å². The normalized spacial score (nSPS) is 11.9. The standard InChI is InChI=1S/C23H20ClFN6O/c1-13(14-4-3-5-17(24)8-14)29-23(32)18-7-6-15(10-20(18)25)19-9-16(11-27-22(19)26)21-12-28-30-31(21)2/h3-13H,1-2H3,(H2,26,27)(H,29,32). The van der Waals surface area contributed by atoms with E-state index in [0.29, 0.717) is 16.1 Å². The molecule has 4 aromatic rings. The van der Waals surface area contributed by atoms with E-state index in [1.807, 2.05) is 6.07 Å². The van der Waals surface area contributed by atoms with Crippen molar-refractivity contribution in [2.24, 2.45) is 7.05 Å². The quantitative estimate of drug-likeness (QED) is 0.469. The Morgan fingerprint density at radius 2 is 1.97 bits per heavy atom. The summed E-state index contributed by atoms with van der Waals surface area (Å²) in [4.78, 5) is 16.9. The molecule has 32 heavy (non-hydrogen) atoms. The van der Waals surface area contributed by atoms with Crippen LogP contribution in [0, 0.1) is 5.82 Å². The molecule has 0 fully saturated rings. The van der Waals surface area contributed by atoms with E-state index in [-0.39, 0.29) is 17.4 Å². The summed E-state index contributed by atoms with van der Waals surface area (Å²) in [5.41, 5.74) is 9.32. The van der Waals surface area contributed by atoms with Gasteiger partial charge in [-0.1, -0.05) is 35.0 Å². The molecule has 0 aliphatic carbocycles. The summed E-state index contributed by atoms with van der Waals surface area (Å²) in [5, 5.41) is 11.1. The van der Waals surface area contributed by atoms with Gasteiger partial charge in [0.25, 0.3) is 5.91 Å². The summed E-state index contributed by atoms with van der Waals surface area (Å²) in [6.07, 6.45) is 3.21. The van der Waals surface area contributed by atoms with Gasteiger partial charge in [-0.25, -0.2) is 14.1 Å². The lowest BCUT2D eigenvalue weighted by atomic mass is 10.0. The fourth-order valence-corrected chi connectivity index (χ4v) is 3.60. The maximum atomic E-state index is 14.9. The lowest BCUT2D eigenvalue weighted by Crippen LogP contribution is -2.27. The lowest BCUT2D eigenvalue weighted by molar-refractivity contribution is 0.0936. The molecule has 0 aliphatic rings. The van der Waals surface area contributed by atoms with Crippen LogP contribution < -0.4 is 11.1 Å². The number of hydrogen-bond acceptors (Lipinski definition) is 5. The van der Waals surface area contributed by atoms with Gasteiger partial charge in [0, 0.05) is 29.4 Å². The van der Waals surface area contributed by atoms with E-state index in [4.69, 9.17) is 17.3 Å². The summed E-state index contributed by atoms with van der Waals surface area (Å²) in [5.74, 6) is -0.942. The highest BCUT2D eigenvalue weighted by Gasteiger charge is 2.17. The maximum absolute atomic E-state index is 14.9. The number of halogens is 2. The van der Waals surface area contributed by atoms with Crippen molar-refractivity contribution in [2.45, 2.75) is 13.0 Å². The third-order valence-electron chi connectivity index (χ3n) is 5.15. The second kappa shape index (κ2) is 8.76. The van der Waals surface area contributed by atoms with Crippen LogP contribution in [0.5, 0.6) is 0 Å². The van der Waals surface area contributed by atoms with E-state index in [1.54, 1.807) is 61.4 Å². The van der Waals surface area contributed by atoms with Crippen LogP contribution in [0.4, 0.5) is 10.2 Å². The fourth-order valence-electron chi connectivity index (χ4n) is 3.40. The van der Waals surface area contributed by atoms with E-state index < -0.39 is 11.7 Å². The van der Waals surface area contributed by atoms with Crippen molar-refractivity contribution in [3.8, 4) is 22.4 Å². The van der Waals surface area contributed by atoms with Crippen LogP contribution in [-0.2, 0) is 7.05 Å². The predicted molar refractivity (Wildman–Crippen MR) is 121 cm³/mol. The topological polar surface area (TPSA) is 98.7 Å². The van der Waals surface area contributed by atoms with E-state index in [1.165, 1.54) is 12.1 Å². The summed E-state index contributed by atoms with van der Waals surface area (Å²) in [7, 11) is 1.76. The fraction of sp³-hybridized carbons (Fsp3) is 0.130. The Morgan fingerprint density at radius 3 is 2.66 bits per heavy atom. The van der Waals surface area contributed by atoms with Gasteiger partial charge in [0.1, 0.15) is 11.6 Å². The van der Waals surface area contributed by atoms with Crippen molar-refractivity contribution in [1.82, 2.24) is 25.3 Å². The largest absolute Gasteiger partial charge is 0.383 e. The molecule has 0 aliphatic heterocycles. The van der Waals surface area contributed by atoms with Gasteiger partial charge in [0.2, 0.25) is 0 Å². The van der Waals surface area contributed by atoms with Crippen LogP contribution in [0.1, 0.15) is 28.9 Å². The molecule has 0 saturated heterocycles. The number of carbonyl (C=O) groups is 1. The zero-order valence-corrected chi connectivity index (χ0v) is 18.1. The maximum Gasteiger partial charge on any atom is 0.254 e. The van der Waals surface area contributed by atoms with E-state index in [0.717, 1.165) is 16.8 Å². The van der Waals surface area contributed by atoms with E-state index in [2.05, 4.69) is 20.6 Å². The minimum Gasteiger partial charge on any atom is -0.383 e. The first-order valence-electron chi connectivity index (χ1n) is 9.80. The highest BCUT2D eigenvalue weighted by atomic mass is 35.5. The molecule has 9 heteroatoms. The Kier molecular flexibility index (Phi) is 5.87. The number of aryl methyl sites for hydroxylation is 1. The number of carbonyl (C=O) groups excluding carboxylic acids is 1. The Labute approximate surface area is 189 Å². The summed E-state index contributed by atoms with van der Waals surface area (Å²) >= 11 is 6.01. The van der Waals surface area contributed by atoms with Crippen molar-refractivity contribution in [3.63, 3.8) is 0 Å². The molecule has 7 nitrogen and oxygen atoms in total. The van der Waals surface area contributed by atoms with Gasteiger partial charge in [-0.15, -0.1) is 5.10 Å². The molecular formula is C23H20ClFN6O. The Bertz CT molecular complexity index is 1310. The number of benzene rings is 2. The smallest absolute Gasteiger partial charge is 0.254 e. The molecule has 4 rings (SSSR count). The number of aromatic nitrogens is 4. The van der Waals surface area contributed by atoms with Gasteiger partial charge in [-0.3, -0.25) is 4.79 Å². The minimum atomic E-state index is -0.662. The van der Waals surface area contributed by atoms with Crippen molar-refractivity contribution in [2.75, 3.05) is 5.73 Å². The van der Waals surface area contributed by atoms with Crippen LogP contribution in [0.15, 0.2) is 60.9 Å². The van der Waals surface area contributed by atoms with Crippen molar-refractivity contribution >= 4 is 23.3 Å². The molecule has 1 amide bonds. The number of hydrogen-bond donors (Lipinski definition) is 2. The molecule has 162 valence electrons. The average molecular weight is 451 g/mol. The summed E-state index contributed by atoms with van der Waals surface area (Å²) < 4.78 is 16.5. The summed E-state index contributed by atoms with van der Waals surface area (Å²) in [6, 6.07) is 12.9. The first-order chi connectivity index (χ1) is 15.3. The molecule has 2 aromatic heterocycles. The van der Waals surface area contributed by atoms with Gasteiger partial charge in [0.05, 0.1) is 23.5 Å². The molecular weight excluding hydrogens is 431 g/mol. The van der Waals surface area contributed by atoms with Crippen molar-refractivity contribution < 1.29 is 9.18 Å². The molecule has 1 unspecified atom stereocenters. The first-order valence-corrected chi connectivity index (χ1v) is 10.2. The third kappa shape index (κ3) is 4.31. The number of nitrogen functional groups attached to an aromatic ring is 1. The zero-order valence-electron chi connectivity index (χ0n) is 17.4. The highest BCUT2D eigenvalue weighted by molar-refractivity contribution is 6.30. The molecule has 0 saturated carbocycles. The zero-order chi connectivity index (χ0) is 22.8. The number of rotatable bonds is 5. The van der Waals surface area contributed by atoms with E-state index >= 15 is 0 Å². The van der Waals surface area contributed by atoms with Gasteiger partial charge in [-0.05, 0) is 48.4 Å². The molecule has 0 radical (unpaired) electrons. The number of pyridine rings is 1. The molecule has 3 N–H and O–H groups in total. The average Bonchev–Trinajstić information content (AvgIpc) is 3.19. The Balaban J connectivity index is 1.60. The van der Waals surface area contributed by atoms with Crippen LogP contribution in [-0.4, -0.2) is 25.9 Å². The number of nitrogens with two attached hydrogens (primary N) is 1. The number of nitrogens with one attached hydrogen (secondary N) is 1. The van der Waals surface area contributed by atoms with E-state index in [9.17, 15) is 9.18 Å². The number of nitrogens with zero attached hydrogens (tertiary/aromatic N) is 4. The van der Waals surface area contributed by atoms with Crippen molar-refractivity contribution in [1.29, 1.82) is 0 Å². The van der Waals surface area contributed by atoms with Crippen molar-refractivity contribution in [3.05, 3.63) is 82.9 Å². The summed E-state index contributed by atoms with van der Waals surface area (Å²) in [6.45, 7) is 1.81. The number of amides is 1. The highest BCUT2D eigenvalue weighted by Crippen LogP contribution is 2.30. The second-order valence-electron chi connectivity index (χ2n) is 7.34. The molecule has 0 bridgehead atoms. The predicted octanol–water partition coefficient (Wildman–Crippen LogP) is 4.41. The minimum absolute atomic E-state index is 0.0684. The molecule has 1 atom stereocenters. The first kappa shape index (κ1) is 21.5. The third-order valence-corrected chi connectivity index (χ3v) is 5.38. The van der Waals surface area contributed by atoms with Gasteiger partial charge in [-0.2, -0.15) is 0 Å². The number of anilines is 1. The molecule has 0 spiro atoms. The van der Waals surface area contributed by atoms with Crippen LogP contribution >= 0.6 is 11.6 Å². The van der Waals surface area contributed by atoms with Crippen LogP contribution in [0.2, 0.25) is 5.02 Å². The van der Waals surface area contributed by atoms with Gasteiger partial charge < -0.3 is 11.1 Å². The van der Waals surface area contributed by atoms with Gasteiger partial charge >= 0.3 is 0 Å². The second-order valence-corrected chi connectivity index (χ2v) is 7.78. The SMILES string of the molecule is CC(NC(=O)c1ccc(-c2cc(-c3cnnn3C)cnc2N)cc1F)c1cccc(Cl)c1. The Hall–Kier alpha value is -3.78. The molecule has 2 aromatic carbocycles. The van der Waals surface area contributed by atoms with Crippen LogP contribution in [0.3, 0.4) is 0 Å². The Morgan fingerprint density at radius 1 is 1.16 bits per heavy atom.